The van der Waals surface area contributed by atoms with E-state index in [-0.39, 0.29) is 5.41 Å². The lowest BCUT2D eigenvalue weighted by Gasteiger charge is -2.19. The predicted molar refractivity (Wildman–Crippen MR) is 139 cm³/mol. The van der Waals surface area contributed by atoms with Crippen molar-refractivity contribution in [3.8, 4) is 28.6 Å². The van der Waals surface area contributed by atoms with Crippen LogP contribution < -0.4 is 9.47 Å². The van der Waals surface area contributed by atoms with Crippen molar-refractivity contribution in [3.63, 3.8) is 0 Å². The van der Waals surface area contributed by atoms with E-state index in [1.807, 2.05) is 24.3 Å². The number of benzene rings is 3. The smallest absolute Gasteiger partial charge is 0.196 e. The van der Waals surface area contributed by atoms with Crippen molar-refractivity contribution < 1.29 is 9.47 Å². The summed E-state index contributed by atoms with van der Waals surface area (Å²) in [5, 5.41) is 9.99. The van der Waals surface area contributed by atoms with Crippen LogP contribution >= 0.6 is 11.8 Å². The van der Waals surface area contributed by atoms with Gasteiger partial charge in [0.25, 0.3) is 0 Å². The third-order valence-electron chi connectivity index (χ3n) is 5.64. The van der Waals surface area contributed by atoms with E-state index in [1.54, 1.807) is 18.9 Å². The molecule has 5 nitrogen and oxygen atoms in total. The quantitative estimate of drug-likeness (QED) is 0.210. The first-order chi connectivity index (χ1) is 16.4. The zero-order chi connectivity index (χ0) is 24.1. The summed E-state index contributed by atoms with van der Waals surface area (Å²) < 4.78 is 13.3. The Bertz CT molecular complexity index is 1230. The lowest BCUT2D eigenvalue weighted by molar-refractivity contribution is 0.342. The molecule has 0 radical (unpaired) electrons. The van der Waals surface area contributed by atoms with Gasteiger partial charge in [-0.25, -0.2) is 0 Å². The molecule has 0 unspecified atom stereocenters. The largest absolute Gasteiger partial charge is 0.497 e. The fourth-order valence-corrected chi connectivity index (χ4v) is 4.43. The minimum absolute atomic E-state index is 0.104. The van der Waals surface area contributed by atoms with Crippen molar-refractivity contribution in [1.29, 1.82) is 0 Å². The summed E-state index contributed by atoms with van der Waals surface area (Å²) in [6.07, 6.45) is 0. The molecule has 0 spiro atoms. The van der Waals surface area contributed by atoms with Crippen LogP contribution in [0.15, 0.2) is 78.0 Å². The van der Waals surface area contributed by atoms with Crippen molar-refractivity contribution >= 4 is 11.8 Å². The molecule has 3 aromatic carbocycles. The van der Waals surface area contributed by atoms with Crippen LogP contribution in [0.4, 0.5) is 0 Å². The zero-order valence-electron chi connectivity index (χ0n) is 20.4. The van der Waals surface area contributed by atoms with Crippen LogP contribution in [0.3, 0.4) is 0 Å². The van der Waals surface area contributed by atoms with E-state index < -0.39 is 0 Å². The zero-order valence-corrected chi connectivity index (χ0v) is 21.2. The van der Waals surface area contributed by atoms with Gasteiger partial charge >= 0.3 is 0 Å². The third kappa shape index (κ3) is 5.45. The molecule has 4 aromatic rings. The number of rotatable bonds is 8. The molecule has 0 bridgehead atoms. The molecule has 1 heterocycles. The average molecular weight is 474 g/mol. The van der Waals surface area contributed by atoms with Gasteiger partial charge in [-0.05, 0) is 53.8 Å². The number of thioether (sulfide) groups is 1. The molecule has 0 saturated carbocycles. The molecule has 0 N–H and O–H groups in total. The number of aromatic nitrogens is 3. The van der Waals surface area contributed by atoms with Crippen LogP contribution in [0, 0.1) is 6.92 Å². The van der Waals surface area contributed by atoms with Crippen LogP contribution in [0.25, 0.3) is 17.1 Å². The van der Waals surface area contributed by atoms with Crippen LogP contribution in [-0.2, 0) is 5.41 Å². The van der Waals surface area contributed by atoms with Crippen molar-refractivity contribution in [2.45, 2.75) is 38.3 Å². The van der Waals surface area contributed by atoms with E-state index in [0.29, 0.717) is 6.61 Å². The van der Waals surface area contributed by atoms with Crippen LogP contribution in [0.1, 0.15) is 31.9 Å². The number of hydrogen-bond donors (Lipinski definition) is 0. The van der Waals surface area contributed by atoms with Gasteiger partial charge in [0, 0.05) is 11.3 Å². The fourth-order valence-electron chi connectivity index (χ4n) is 3.67. The molecule has 1 aromatic heterocycles. The summed E-state index contributed by atoms with van der Waals surface area (Å²) in [4.78, 5) is 0. The monoisotopic (exact) mass is 473 g/mol. The Morgan fingerprint density at radius 2 is 1.53 bits per heavy atom. The van der Waals surface area contributed by atoms with Crippen molar-refractivity contribution in [3.05, 3.63) is 83.9 Å². The number of para-hydroxylation sites is 1. The Balaban J connectivity index is 1.56. The van der Waals surface area contributed by atoms with E-state index in [4.69, 9.17) is 9.47 Å². The van der Waals surface area contributed by atoms with Gasteiger partial charge in [-0.3, -0.25) is 4.57 Å². The van der Waals surface area contributed by atoms with Gasteiger partial charge in [0.1, 0.15) is 11.5 Å². The first kappa shape index (κ1) is 23.9. The second-order valence-electron chi connectivity index (χ2n) is 9.13. The second-order valence-corrected chi connectivity index (χ2v) is 10.2. The molecule has 0 atom stereocenters. The summed E-state index contributed by atoms with van der Waals surface area (Å²) >= 11 is 1.64. The second kappa shape index (κ2) is 10.3. The van der Waals surface area contributed by atoms with Gasteiger partial charge in [0.15, 0.2) is 11.0 Å². The highest BCUT2D eigenvalue weighted by atomic mass is 32.2. The molecule has 176 valence electrons. The Morgan fingerprint density at radius 1 is 0.853 bits per heavy atom. The Kier molecular flexibility index (Phi) is 7.27. The maximum absolute atomic E-state index is 5.90. The Hall–Kier alpha value is -3.25. The normalized spacial score (nSPS) is 11.4. The molecular formula is C28H31N3O2S. The maximum Gasteiger partial charge on any atom is 0.196 e. The molecule has 0 saturated heterocycles. The standard InChI is InChI=1S/C28H31N3O2S/c1-20-8-6-7-9-25(20)31-26(21-10-12-22(13-11-21)28(2,3)4)29-30-27(31)34-19-18-33-24-16-14-23(32-5)15-17-24/h6-17H,18-19H2,1-5H3. The Morgan fingerprint density at radius 3 is 2.18 bits per heavy atom. The number of aryl methyl sites for hydroxylation is 1. The van der Waals surface area contributed by atoms with E-state index >= 15 is 0 Å². The summed E-state index contributed by atoms with van der Waals surface area (Å²) in [5.74, 6) is 3.23. The fraction of sp³-hybridized carbons (Fsp3) is 0.286. The van der Waals surface area contributed by atoms with Gasteiger partial charge in [0.05, 0.1) is 19.4 Å². The highest BCUT2D eigenvalue weighted by Crippen LogP contribution is 2.31. The lowest BCUT2D eigenvalue weighted by Crippen LogP contribution is -2.10. The maximum atomic E-state index is 5.90. The number of ether oxygens (including phenoxy) is 2. The minimum Gasteiger partial charge on any atom is -0.497 e. The summed E-state index contributed by atoms with van der Waals surface area (Å²) in [7, 11) is 1.66. The van der Waals surface area contributed by atoms with Crippen molar-refractivity contribution in [1.82, 2.24) is 14.8 Å². The first-order valence-electron chi connectivity index (χ1n) is 11.4. The third-order valence-corrected chi connectivity index (χ3v) is 6.53. The van der Waals surface area contributed by atoms with E-state index in [9.17, 15) is 0 Å². The lowest BCUT2D eigenvalue weighted by atomic mass is 9.87. The number of methoxy groups -OCH3 is 1. The van der Waals surface area contributed by atoms with Crippen LogP contribution in [0.2, 0.25) is 0 Å². The SMILES string of the molecule is COc1ccc(OCCSc2nnc(-c3ccc(C(C)(C)C)cc3)n2-c2ccccc2C)cc1. The molecule has 6 heteroatoms. The molecule has 0 aliphatic heterocycles. The van der Waals surface area contributed by atoms with E-state index in [0.717, 1.165) is 39.5 Å². The van der Waals surface area contributed by atoms with Crippen LogP contribution in [-0.4, -0.2) is 34.2 Å². The summed E-state index contributed by atoms with van der Waals surface area (Å²) in [6, 6.07) is 24.6. The number of nitrogens with zero attached hydrogens (tertiary/aromatic N) is 3. The molecular weight excluding hydrogens is 442 g/mol. The molecule has 4 rings (SSSR count). The predicted octanol–water partition coefficient (Wildman–Crippen LogP) is 6.72. The minimum atomic E-state index is 0.104. The van der Waals surface area contributed by atoms with Gasteiger partial charge in [0.2, 0.25) is 0 Å². The van der Waals surface area contributed by atoms with Gasteiger partial charge in [-0.15, -0.1) is 10.2 Å². The number of hydrogen-bond acceptors (Lipinski definition) is 5. The van der Waals surface area contributed by atoms with Gasteiger partial charge < -0.3 is 9.47 Å². The summed E-state index contributed by atoms with van der Waals surface area (Å²) in [5.41, 5.74) is 4.70. The van der Waals surface area contributed by atoms with E-state index in [1.165, 1.54) is 11.1 Å². The van der Waals surface area contributed by atoms with Gasteiger partial charge in [-0.1, -0.05) is 75.0 Å². The van der Waals surface area contributed by atoms with Crippen molar-refractivity contribution in [2.75, 3.05) is 19.5 Å². The first-order valence-corrected chi connectivity index (χ1v) is 12.4. The van der Waals surface area contributed by atoms with Crippen molar-refractivity contribution in [2.24, 2.45) is 0 Å². The topological polar surface area (TPSA) is 49.2 Å². The Labute approximate surface area is 206 Å². The molecule has 0 aliphatic carbocycles. The molecule has 0 amide bonds. The molecule has 34 heavy (non-hydrogen) atoms. The highest BCUT2D eigenvalue weighted by Gasteiger charge is 2.19. The van der Waals surface area contributed by atoms with Gasteiger partial charge in [-0.2, -0.15) is 0 Å². The molecule has 0 fully saturated rings. The van der Waals surface area contributed by atoms with Crippen LogP contribution in [0.5, 0.6) is 11.5 Å². The average Bonchev–Trinajstić information content (AvgIpc) is 3.25. The highest BCUT2D eigenvalue weighted by molar-refractivity contribution is 7.99. The summed E-state index contributed by atoms with van der Waals surface area (Å²) in [6.45, 7) is 9.35. The molecule has 0 aliphatic rings. The van der Waals surface area contributed by atoms with E-state index in [2.05, 4.69) is 91.0 Å².